The fourth-order valence-corrected chi connectivity index (χ4v) is 1.03. The van der Waals surface area contributed by atoms with E-state index in [4.69, 9.17) is 0 Å². The fraction of sp³-hybridized carbons (Fsp3) is 0.300. The van der Waals surface area contributed by atoms with Crippen LogP contribution in [0.25, 0.3) is 0 Å². The summed E-state index contributed by atoms with van der Waals surface area (Å²) < 4.78 is 0. The van der Waals surface area contributed by atoms with Crippen LogP contribution in [-0.4, -0.2) is 11.1 Å². The SMILES string of the molecule is CC(C)(O)c1cccc(C(=O)[O-])c1. The van der Waals surface area contributed by atoms with Crippen molar-refractivity contribution in [3.63, 3.8) is 0 Å². The lowest BCUT2D eigenvalue weighted by atomic mass is 9.97. The molecule has 0 saturated heterocycles. The van der Waals surface area contributed by atoms with E-state index in [1.807, 2.05) is 0 Å². The Morgan fingerprint density at radius 2 is 2.08 bits per heavy atom. The second-order valence-corrected chi connectivity index (χ2v) is 3.43. The van der Waals surface area contributed by atoms with Gasteiger partial charge < -0.3 is 15.0 Å². The van der Waals surface area contributed by atoms with Gasteiger partial charge in [-0.3, -0.25) is 0 Å². The first kappa shape index (κ1) is 9.74. The van der Waals surface area contributed by atoms with Gasteiger partial charge in [-0.15, -0.1) is 0 Å². The van der Waals surface area contributed by atoms with Gasteiger partial charge in [-0.1, -0.05) is 18.2 Å². The van der Waals surface area contributed by atoms with Gasteiger partial charge in [0.1, 0.15) is 0 Å². The second kappa shape index (κ2) is 3.18. The van der Waals surface area contributed by atoms with Gasteiger partial charge in [0.2, 0.25) is 0 Å². The third-order valence-electron chi connectivity index (χ3n) is 1.80. The lowest BCUT2D eigenvalue weighted by Crippen LogP contribution is -2.23. The van der Waals surface area contributed by atoms with Crippen LogP contribution in [-0.2, 0) is 5.60 Å². The van der Waals surface area contributed by atoms with Crippen molar-refractivity contribution < 1.29 is 15.0 Å². The molecular weight excluding hydrogens is 168 g/mol. The molecule has 3 nitrogen and oxygen atoms in total. The molecular formula is C10H11O3-. The van der Waals surface area contributed by atoms with E-state index in [0.717, 1.165) is 0 Å². The zero-order chi connectivity index (χ0) is 10.1. The average molecular weight is 179 g/mol. The molecule has 0 aliphatic rings. The minimum absolute atomic E-state index is 0.0830. The molecule has 0 atom stereocenters. The van der Waals surface area contributed by atoms with Crippen LogP contribution in [0.1, 0.15) is 29.8 Å². The lowest BCUT2D eigenvalue weighted by molar-refractivity contribution is -0.255. The third kappa shape index (κ3) is 2.29. The van der Waals surface area contributed by atoms with Crippen molar-refractivity contribution >= 4 is 5.97 Å². The molecule has 3 heteroatoms. The number of carboxylic acids is 1. The number of aliphatic hydroxyl groups is 1. The number of rotatable bonds is 2. The van der Waals surface area contributed by atoms with Crippen molar-refractivity contribution in [3.8, 4) is 0 Å². The van der Waals surface area contributed by atoms with Crippen LogP contribution in [0.4, 0.5) is 0 Å². The summed E-state index contributed by atoms with van der Waals surface area (Å²) in [6, 6.07) is 6.10. The van der Waals surface area contributed by atoms with Crippen LogP contribution in [0, 0.1) is 0 Å². The van der Waals surface area contributed by atoms with E-state index in [2.05, 4.69) is 0 Å². The molecule has 0 aliphatic carbocycles. The monoisotopic (exact) mass is 179 g/mol. The smallest absolute Gasteiger partial charge is 0.0840 e. The Labute approximate surface area is 76.6 Å². The Bertz CT molecular complexity index is 323. The fourth-order valence-electron chi connectivity index (χ4n) is 1.03. The molecule has 1 rings (SSSR count). The Hall–Kier alpha value is -1.35. The maximum atomic E-state index is 10.5. The number of hydrogen-bond acceptors (Lipinski definition) is 3. The second-order valence-electron chi connectivity index (χ2n) is 3.43. The summed E-state index contributed by atoms with van der Waals surface area (Å²) in [5, 5.41) is 20.1. The molecule has 0 heterocycles. The number of aromatic carboxylic acids is 1. The number of benzene rings is 1. The van der Waals surface area contributed by atoms with Crippen molar-refractivity contribution in [1.29, 1.82) is 0 Å². The van der Waals surface area contributed by atoms with Crippen LogP contribution in [0.5, 0.6) is 0 Å². The summed E-state index contributed by atoms with van der Waals surface area (Å²) in [4.78, 5) is 10.5. The summed E-state index contributed by atoms with van der Waals surface area (Å²) in [5.41, 5.74) is -0.375. The molecule has 0 saturated carbocycles. The number of carbonyl (C=O) groups excluding carboxylic acids is 1. The van der Waals surface area contributed by atoms with E-state index in [-0.39, 0.29) is 5.56 Å². The lowest BCUT2D eigenvalue weighted by Gasteiger charge is -2.18. The van der Waals surface area contributed by atoms with Crippen molar-refractivity contribution in [2.24, 2.45) is 0 Å². The van der Waals surface area contributed by atoms with Crippen molar-refractivity contribution in [2.45, 2.75) is 19.4 Å². The maximum Gasteiger partial charge on any atom is 0.0840 e. The standard InChI is InChI=1S/C10H12O3/c1-10(2,13)8-5-3-4-7(6-8)9(11)12/h3-6,13H,1-2H3,(H,11,12)/p-1. The van der Waals surface area contributed by atoms with Gasteiger partial charge in [0.25, 0.3) is 0 Å². The molecule has 0 unspecified atom stereocenters. The Kier molecular flexibility index (Phi) is 2.38. The van der Waals surface area contributed by atoms with Gasteiger partial charge in [0, 0.05) is 0 Å². The normalized spacial score (nSPS) is 11.3. The summed E-state index contributed by atoms with van der Waals surface area (Å²) in [6.07, 6.45) is 0. The quantitative estimate of drug-likeness (QED) is 0.709. The summed E-state index contributed by atoms with van der Waals surface area (Å²) in [5.74, 6) is -1.23. The van der Waals surface area contributed by atoms with E-state index in [9.17, 15) is 15.0 Å². The predicted octanol–water partition coefficient (Wildman–Crippen LogP) is 0.277. The van der Waals surface area contributed by atoms with Crippen LogP contribution in [0.2, 0.25) is 0 Å². The van der Waals surface area contributed by atoms with Crippen molar-refractivity contribution in [2.75, 3.05) is 0 Å². The summed E-state index contributed by atoms with van der Waals surface area (Å²) in [7, 11) is 0. The number of hydrogen-bond donors (Lipinski definition) is 1. The molecule has 13 heavy (non-hydrogen) atoms. The summed E-state index contributed by atoms with van der Waals surface area (Å²) in [6.45, 7) is 3.20. The van der Waals surface area contributed by atoms with E-state index >= 15 is 0 Å². The molecule has 0 spiro atoms. The topological polar surface area (TPSA) is 60.4 Å². The van der Waals surface area contributed by atoms with Gasteiger partial charge >= 0.3 is 0 Å². The first-order chi connectivity index (χ1) is 5.91. The highest BCUT2D eigenvalue weighted by molar-refractivity contribution is 5.85. The largest absolute Gasteiger partial charge is 0.545 e. The number of carbonyl (C=O) groups is 1. The average Bonchev–Trinajstić information content (AvgIpc) is 2.03. The van der Waals surface area contributed by atoms with E-state index in [1.54, 1.807) is 26.0 Å². The van der Waals surface area contributed by atoms with E-state index < -0.39 is 11.6 Å². The minimum Gasteiger partial charge on any atom is -0.545 e. The van der Waals surface area contributed by atoms with Gasteiger partial charge in [-0.05, 0) is 31.0 Å². The highest BCUT2D eigenvalue weighted by Gasteiger charge is 2.15. The van der Waals surface area contributed by atoms with Crippen LogP contribution in [0.3, 0.4) is 0 Å². The van der Waals surface area contributed by atoms with Gasteiger partial charge in [0.05, 0.1) is 11.6 Å². The molecule has 0 fully saturated rings. The van der Waals surface area contributed by atoms with Crippen molar-refractivity contribution in [1.82, 2.24) is 0 Å². The first-order valence-electron chi connectivity index (χ1n) is 3.95. The molecule has 1 N–H and O–H groups in total. The molecule has 0 aromatic heterocycles. The zero-order valence-electron chi connectivity index (χ0n) is 7.57. The Morgan fingerprint density at radius 1 is 1.46 bits per heavy atom. The van der Waals surface area contributed by atoms with Gasteiger partial charge in [-0.25, -0.2) is 0 Å². The highest BCUT2D eigenvalue weighted by Crippen LogP contribution is 2.19. The van der Waals surface area contributed by atoms with Gasteiger partial charge in [-0.2, -0.15) is 0 Å². The van der Waals surface area contributed by atoms with Crippen LogP contribution >= 0.6 is 0 Å². The molecule has 70 valence electrons. The molecule has 0 aliphatic heterocycles. The van der Waals surface area contributed by atoms with Crippen LogP contribution in [0.15, 0.2) is 24.3 Å². The predicted molar refractivity (Wildman–Crippen MR) is 46.0 cm³/mol. The zero-order valence-corrected chi connectivity index (χ0v) is 7.57. The molecule has 0 radical (unpaired) electrons. The van der Waals surface area contributed by atoms with Crippen molar-refractivity contribution in [3.05, 3.63) is 35.4 Å². The molecule has 0 amide bonds. The van der Waals surface area contributed by atoms with Gasteiger partial charge in [0.15, 0.2) is 0 Å². The molecule has 0 bridgehead atoms. The maximum absolute atomic E-state index is 10.5. The summed E-state index contributed by atoms with van der Waals surface area (Å²) >= 11 is 0. The third-order valence-corrected chi connectivity index (χ3v) is 1.80. The molecule has 1 aromatic carbocycles. The van der Waals surface area contributed by atoms with E-state index in [0.29, 0.717) is 5.56 Å². The highest BCUT2D eigenvalue weighted by atomic mass is 16.4. The Balaban J connectivity index is 3.13. The van der Waals surface area contributed by atoms with Crippen LogP contribution < -0.4 is 5.11 Å². The first-order valence-corrected chi connectivity index (χ1v) is 3.95. The Morgan fingerprint density at radius 3 is 2.54 bits per heavy atom. The number of carboxylic acid groups (broad SMARTS) is 1. The molecule has 1 aromatic rings. The minimum atomic E-state index is -1.23. The van der Waals surface area contributed by atoms with E-state index in [1.165, 1.54) is 12.1 Å².